The molecule has 0 radical (unpaired) electrons. The predicted molar refractivity (Wildman–Crippen MR) is 87.8 cm³/mol. The zero-order chi connectivity index (χ0) is 20.4. The van der Waals surface area contributed by atoms with Gasteiger partial charge in [0.05, 0.1) is 18.1 Å². The molecule has 9 heteroatoms. The third kappa shape index (κ3) is 4.34. The van der Waals surface area contributed by atoms with Gasteiger partial charge in [-0.25, -0.2) is 4.79 Å². The zero-order valence-electron chi connectivity index (χ0n) is 14.8. The summed E-state index contributed by atoms with van der Waals surface area (Å²) in [6, 6.07) is 5.53. The number of nitrogens with two attached hydrogens (primary N) is 1. The fraction of sp³-hybridized carbons (Fsp3) is 0.333. The number of ether oxygens (including phenoxy) is 3. The minimum Gasteiger partial charge on any atom is -0.463 e. The Labute approximate surface area is 153 Å². The minimum atomic E-state index is -4.88. The molecule has 2 N–H and O–H groups in total. The fourth-order valence-electron chi connectivity index (χ4n) is 2.79. The number of hydrogen-bond donors (Lipinski definition) is 1. The van der Waals surface area contributed by atoms with Crippen molar-refractivity contribution in [3.63, 3.8) is 0 Å². The lowest BCUT2D eigenvalue weighted by Gasteiger charge is -2.28. The molecule has 1 aromatic rings. The van der Waals surface area contributed by atoms with Gasteiger partial charge in [-0.15, -0.1) is 13.2 Å². The van der Waals surface area contributed by atoms with E-state index in [0.29, 0.717) is 5.56 Å². The SMILES string of the molecule is CCOC(=O)C1=C(C)OC(N)=C(C#N)C1c1cc(OC(F)(F)F)ccc1C. The van der Waals surface area contributed by atoms with Crippen molar-refractivity contribution in [2.75, 3.05) is 6.61 Å². The predicted octanol–water partition coefficient (Wildman–Crippen LogP) is 3.54. The van der Waals surface area contributed by atoms with Gasteiger partial charge >= 0.3 is 12.3 Å². The van der Waals surface area contributed by atoms with E-state index in [9.17, 15) is 23.2 Å². The topological polar surface area (TPSA) is 94.6 Å². The van der Waals surface area contributed by atoms with E-state index < -0.39 is 24.0 Å². The highest BCUT2D eigenvalue weighted by Gasteiger charge is 2.38. The van der Waals surface area contributed by atoms with Crippen molar-refractivity contribution in [1.29, 1.82) is 5.26 Å². The summed E-state index contributed by atoms with van der Waals surface area (Å²) in [7, 11) is 0. The summed E-state index contributed by atoms with van der Waals surface area (Å²) in [6.45, 7) is 4.77. The van der Waals surface area contributed by atoms with Gasteiger partial charge in [-0.05, 0) is 44.0 Å². The molecule has 144 valence electrons. The van der Waals surface area contributed by atoms with Gasteiger partial charge < -0.3 is 19.9 Å². The van der Waals surface area contributed by atoms with Gasteiger partial charge in [-0.3, -0.25) is 0 Å². The van der Waals surface area contributed by atoms with Crippen LogP contribution in [0.15, 0.2) is 41.0 Å². The normalized spacial score (nSPS) is 17.3. The first-order valence-corrected chi connectivity index (χ1v) is 7.90. The van der Waals surface area contributed by atoms with Gasteiger partial charge in [0.1, 0.15) is 23.2 Å². The summed E-state index contributed by atoms with van der Waals surface area (Å²) in [5.41, 5.74) is 6.45. The Hall–Kier alpha value is -3.15. The monoisotopic (exact) mass is 382 g/mol. The lowest BCUT2D eigenvalue weighted by molar-refractivity contribution is -0.274. The molecule has 2 rings (SSSR count). The molecule has 1 aliphatic rings. The second kappa shape index (κ2) is 7.61. The molecule has 0 fully saturated rings. The van der Waals surface area contributed by atoms with Gasteiger partial charge in [0.2, 0.25) is 5.88 Å². The van der Waals surface area contributed by atoms with Crippen LogP contribution in [0, 0.1) is 18.3 Å². The number of aryl methyl sites for hydroxylation is 1. The standard InChI is InChI=1S/C18H17F3N2O4/c1-4-25-17(24)14-10(3)26-16(23)13(8-22)15(14)12-7-11(6-5-9(12)2)27-18(19,20)21/h5-7,15H,4,23H2,1-3H3. The highest BCUT2D eigenvalue weighted by Crippen LogP contribution is 2.42. The third-order valence-corrected chi connectivity index (χ3v) is 3.90. The molecule has 1 heterocycles. The van der Waals surface area contributed by atoms with E-state index in [-0.39, 0.29) is 35.0 Å². The number of rotatable bonds is 4. The van der Waals surface area contributed by atoms with E-state index in [4.69, 9.17) is 15.2 Å². The van der Waals surface area contributed by atoms with Gasteiger partial charge in [-0.2, -0.15) is 5.26 Å². The first-order valence-electron chi connectivity index (χ1n) is 7.90. The van der Waals surface area contributed by atoms with Crippen molar-refractivity contribution in [3.05, 3.63) is 52.1 Å². The first-order chi connectivity index (χ1) is 12.6. The molecule has 1 atom stereocenters. The quantitative estimate of drug-likeness (QED) is 0.801. The van der Waals surface area contributed by atoms with Gasteiger partial charge in [-0.1, -0.05) is 6.07 Å². The average molecular weight is 382 g/mol. The van der Waals surface area contributed by atoms with E-state index >= 15 is 0 Å². The van der Waals surface area contributed by atoms with Crippen molar-refractivity contribution in [1.82, 2.24) is 0 Å². The molecule has 1 unspecified atom stereocenters. The van der Waals surface area contributed by atoms with Crippen LogP contribution < -0.4 is 10.5 Å². The molecule has 0 amide bonds. The summed E-state index contributed by atoms with van der Waals surface area (Å²) in [5, 5.41) is 9.50. The lowest BCUT2D eigenvalue weighted by Crippen LogP contribution is -2.26. The van der Waals surface area contributed by atoms with Crippen molar-refractivity contribution in [2.24, 2.45) is 5.73 Å². The molecule has 1 aromatic carbocycles. The molecule has 0 bridgehead atoms. The smallest absolute Gasteiger partial charge is 0.463 e. The number of benzene rings is 1. The largest absolute Gasteiger partial charge is 0.573 e. The van der Waals surface area contributed by atoms with Crippen LogP contribution in [0.3, 0.4) is 0 Å². The van der Waals surface area contributed by atoms with Gasteiger partial charge in [0.25, 0.3) is 0 Å². The van der Waals surface area contributed by atoms with E-state index in [1.54, 1.807) is 13.8 Å². The van der Waals surface area contributed by atoms with Crippen LogP contribution in [0.2, 0.25) is 0 Å². The van der Waals surface area contributed by atoms with Crippen LogP contribution in [0.1, 0.15) is 30.9 Å². The highest BCUT2D eigenvalue weighted by atomic mass is 19.4. The Kier molecular flexibility index (Phi) is 5.69. The number of halogens is 3. The molecule has 0 saturated heterocycles. The second-order valence-corrected chi connectivity index (χ2v) is 5.68. The molecule has 0 spiro atoms. The molecule has 0 aliphatic carbocycles. The van der Waals surface area contributed by atoms with Crippen molar-refractivity contribution >= 4 is 5.97 Å². The number of carbonyl (C=O) groups is 1. The number of nitriles is 1. The summed E-state index contributed by atoms with van der Waals surface area (Å²) in [6.07, 6.45) is -4.88. The molecule has 6 nitrogen and oxygen atoms in total. The van der Waals surface area contributed by atoms with Crippen LogP contribution >= 0.6 is 0 Å². The number of carbonyl (C=O) groups excluding carboxylic acids is 1. The summed E-state index contributed by atoms with van der Waals surface area (Å²) in [5.74, 6) is -2.39. The van der Waals surface area contributed by atoms with E-state index in [1.165, 1.54) is 13.0 Å². The number of alkyl halides is 3. The molecule has 0 aromatic heterocycles. The fourth-order valence-corrected chi connectivity index (χ4v) is 2.79. The Morgan fingerprint density at radius 3 is 2.59 bits per heavy atom. The minimum absolute atomic E-state index is 0.00476. The molecular weight excluding hydrogens is 365 g/mol. The van der Waals surface area contributed by atoms with Gasteiger partial charge in [0, 0.05) is 0 Å². The maximum atomic E-state index is 12.6. The maximum Gasteiger partial charge on any atom is 0.573 e. The Balaban J connectivity index is 2.66. The average Bonchev–Trinajstić information content (AvgIpc) is 2.55. The molecular formula is C18H17F3N2O4. The third-order valence-electron chi connectivity index (χ3n) is 3.90. The first kappa shape index (κ1) is 20.2. The lowest BCUT2D eigenvalue weighted by atomic mass is 9.81. The Morgan fingerprint density at radius 2 is 2.04 bits per heavy atom. The number of allylic oxidation sites excluding steroid dienone is 2. The number of hydrogen-bond acceptors (Lipinski definition) is 6. The summed E-state index contributed by atoms with van der Waals surface area (Å²) in [4.78, 5) is 12.4. The van der Waals surface area contributed by atoms with Crippen molar-refractivity contribution in [2.45, 2.75) is 33.1 Å². The second-order valence-electron chi connectivity index (χ2n) is 5.68. The maximum absolute atomic E-state index is 12.6. The van der Waals surface area contributed by atoms with Crippen LogP contribution in [0.4, 0.5) is 13.2 Å². The summed E-state index contributed by atoms with van der Waals surface area (Å²) < 4.78 is 52.0. The number of esters is 1. The van der Waals surface area contributed by atoms with E-state index in [0.717, 1.165) is 12.1 Å². The zero-order valence-corrected chi connectivity index (χ0v) is 14.8. The van der Waals surface area contributed by atoms with Crippen LogP contribution in [0.5, 0.6) is 5.75 Å². The number of nitrogens with zero attached hydrogens (tertiary/aromatic N) is 1. The highest BCUT2D eigenvalue weighted by molar-refractivity contribution is 5.92. The van der Waals surface area contributed by atoms with Crippen LogP contribution in [-0.2, 0) is 14.3 Å². The summed E-state index contributed by atoms with van der Waals surface area (Å²) >= 11 is 0. The Morgan fingerprint density at radius 1 is 1.37 bits per heavy atom. The molecule has 27 heavy (non-hydrogen) atoms. The van der Waals surface area contributed by atoms with Crippen molar-refractivity contribution in [3.8, 4) is 11.8 Å². The Bertz CT molecular complexity index is 866. The van der Waals surface area contributed by atoms with E-state index in [2.05, 4.69) is 4.74 Å². The molecule has 1 aliphatic heterocycles. The molecule has 0 saturated carbocycles. The van der Waals surface area contributed by atoms with Gasteiger partial charge in [0.15, 0.2) is 0 Å². The van der Waals surface area contributed by atoms with Crippen LogP contribution in [0.25, 0.3) is 0 Å². The van der Waals surface area contributed by atoms with Crippen LogP contribution in [-0.4, -0.2) is 18.9 Å². The van der Waals surface area contributed by atoms with Crippen molar-refractivity contribution < 1.29 is 32.2 Å². The van der Waals surface area contributed by atoms with E-state index in [1.807, 2.05) is 6.07 Å².